The second-order valence-corrected chi connectivity index (χ2v) is 5.09. The van der Waals surface area contributed by atoms with Crippen molar-refractivity contribution in [1.82, 2.24) is 0 Å². The molecule has 0 aliphatic carbocycles. The maximum atomic E-state index is 11.7. The number of hydrogen-bond acceptors (Lipinski definition) is 7. The van der Waals surface area contributed by atoms with Crippen molar-refractivity contribution >= 4 is 17.8 Å². The lowest BCUT2D eigenvalue weighted by molar-refractivity contribution is -0.155. The molecule has 1 amide bonds. The van der Waals surface area contributed by atoms with E-state index >= 15 is 0 Å². The fraction of sp³-hybridized carbons (Fsp3) is 0.769. The van der Waals surface area contributed by atoms with Crippen LogP contribution in [0.15, 0.2) is 5.11 Å². The van der Waals surface area contributed by atoms with Crippen LogP contribution < -0.4 is 0 Å². The number of ether oxygens (including phenoxy) is 4. The molecule has 0 aromatic heterocycles. The minimum Gasteiger partial charge on any atom is -0.457 e. The van der Waals surface area contributed by atoms with Gasteiger partial charge in [0.25, 0.3) is 0 Å². The highest BCUT2D eigenvalue weighted by Crippen LogP contribution is 2.31. The third-order valence-corrected chi connectivity index (χ3v) is 3.52. The quantitative estimate of drug-likeness (QED) is 0.302. The van der Waals surface area contributed by atoms with Crippen LogP contribution in [0.5, 0.6) is 0 Å². The number of fused-ring (bicyclic) bond motifs is 1. The number of azide groups is 1. The summed E-state index contributed by atoms with van der Waals surface area (Å²) in [6.07, 6.45) is -2.25. The second kappa shape index (κ2) is 7.91. The summed E-state index contributed by atoms with van der Waals surface area (Å²) >= 11 is 0. The molecule has 0 unspecified atom stereocenters. The largest absolute Gasteiger partial charge is 0.457 e. The Morgan fingerprint density at radius 3 is 2.17 bits per heavy atom. The molecule has 0 aromatic carbocycles. The summed E-state index contributed by atoms with van der Waals surface area (Å²) in [5.74, 6) is -1.69. The topological polar surface area (TPSA) is 137 Å². The van der Waals surface area contributed by atoms with Crippen LogP contribution in [0.3, 0.4) is 0 Å². The Labute approximate surface area is 131 Å². The van der Waals surface area contributed by atoms with E-state index in [0.717, 1.165) is 0 Å². The van der Waals surface area contributed by atoms with Gasteiger partial charge in [0.1, 0.15) is 12.2 Å². The minimum atomic E-state index is -0.728. The minimum absolute atomic E-state index is 0.130. The van der Waals surface area contributed by atoms with E-state index < -0.39 is 36.3 Å². The lowest BCUT2D eigenvalue weighted by Crippen LogP contribution is -2.35. The summed E-state index contributed by atoms with van der Waals surface area (Å²) in [7, 11) is 0. The van der Waals surface area contributed by atoms with E-state index in [1.807, 2.05) is 0 Å². The normalized spacial score (nSPS) is 28.6. The summed E-state index contributed by atoms with van der Waals surface area (Å²) in [4.78, 5) is 36.4. The van der Waals surface area contributed by atoms with Crippen LogP contribution in [-0.4, -0.2) is 55.5 Å². The molecule has 2 aliphatic heterocycles. The molecule has 0 aromatic rings. The Bertz CT molecular complexity index is 532. The van der Waals surface area contributed by atoms with Gasteiger partial charge in [-0.15, -0.1) is 0 Å². The first-order valence-electron chi connectivity index (χ1n) is 7.25. The number of carbonyl (C=O) groups excluding carboxylic acids is 3. The SMILES string of the molecule is CCC(=O)O[C@@H]1CO[C@H]2[C@@H]1OC[C@@H]2OC(=O)CCC(=O)N=[N+]=[N-]. The summed E-state index contributed by atoms with van der Waals surface area (Å²) < 4.78 is 21.4. The van der Waals surface area contributed by atoms with Crippen molar-refractivity contribution in [2.24, 2.45) is 5.11 Å². The zero-order valence-corrected chi connectivity index (χ0v) is 12.5. The molecule has 0 spiro atoms. The van der Waals surface area contributed by atoms with E-state index in [2.05, 4.69) is 10.0 Å². The molecule has 2 aliphatic rings. The molecule has 10 heteroatoms. The third kappa shape index (κ3) is 4.41. The van der Waals surface area contributed by atoms with E-state index in [1.165, 1.54) is 0 Å². The first-order chi connectivity index (χ1) is 11.0. The van der Waals surface area contributed by atoms with Gasteiger partial charge in [-0.05, 0) is 10.6 Å². The number of amides is 1. The van der Waals surface area contributed by atoms with Crippen molar-refractivity contribution in [3.8, 4) is 0 Å². The molecule has 2 heterocycles. The van der Waals surface area contributed by atoms with Crippen molar-refractivity contribution in [1.29, 1.82) is 0 Å². The molecule has 0 bridgehead atoms. The van der Waals surface area contributed by atoms with Crippen LogP contribution in [0.25, 0.3) is 10.4 Å². The number of nitrogens with zero attached hydrogens (tertiary/aromatic N) is 3. The molecular formula is C13H17N3O7. The van der Waals surface area contributed by atoms with Gasteiger partial charge >= 0.3 is 11.9 Å². The fourth-order valence-corrected chi connectivity index (χ4v) is 2.42. The van der Waals surface area contributed by atoms with Gasteiger partial charge in [0.2, 0.25) is 5.91 Å². The van der Waals surface area contributed by atoms with Gasteiger partial charge in [0.15, 0.2) is 12.2 Å². The summed E-state index contributed by atoms with van der Waals surface area (Å²) in [6.45, 7) is 2.00. The predicted molar refractivity (Wildman–Crippen MR) is 72.9 cm³/mol. The molecule has 23 heavy (non-hydrogen) atoms. The maximum absolute atomic E-state index is 11.7. The van der Waals surface area contributed by atoms with Crippen LogP contribution in [0.4, 0.5) is 0 Å². The fourth-order valence-electron chi connectivity index (χ4n) is 2.42. The van der Waals surface area contributed by atoms with Gasteiger partial charge in [-0.25, -0.2) is 0 Å². The first-order valence-corrected chi connectivity index (χ1v) is 7.25. The third-order valence-electron chi connectivity index (χ3n) is 3.52. The van der Waals surface area contributed by atoms with Crippen molar-refractivity contribution in [2.75, 3.05) is 13.2 Å². The Balaban J connectivity index is 1.80. The van der Waals surface area contributed by atoms with Crippen LogP contribution in [-0.2, 0) is 33.3 Å². The lowest BCUT2D eigenvalue weighted by atomic mass is 10.1. The van der Waals surface area contributed by atoms with E-state index in [0.29, 0.717) is 0 Å². The van der Waals surface area contributed by atoms with Gasteiger partial charge in [-0.3, -0.25) is 14.4 Å². The van der Waals surface area contributed by atoms with Crippen molar-refractivity contribution in [2.45, 2.75) is 50.6 Å². The molecule has 126 valence electrons. The highest BCUT2D eigenvalue weighted by molar-refractivity contribution is 5.81. The van der Waals surface area contributed by atoms with Gasteiger partial charge in [-0.2, -0.15) is 0 Å². The second-order valence-electron chi connectivity index (χ2n) is 5.09. The van der Waals surface area contributed by atoms with E-state index in [-0.39, 0.29) is 38.4 Å². The smallest absolute Gasteiger partial charge is 0.306 e. The van der Waals surface area contributed by atoms with Crippen LogP contribution in [0, 0.1) is 0 Å². The van der Waals surface area contributed by atoms with E-state index in [9.17, 15) is 14.4 Å². The average Bonchev–Trinajstić information content (AvgIpc) is 3.09. The van der Waals surface area contributed by atoms with Gasteiger partial charge in [0.05, 0.1) is 19.6 Å². The molecule has 0 N–H and O–H groups in total. The number of hydrogen-bond donors (Lipinski definition) is 0. The summed E-state index contributed by atoms with van der Waals surface area (Å²) in [5, 5.41) is 2.86. The predicted octanol–water partition coefficient (Wildman–Crippen LogP) is 0.635. The monoisotopic (exact) mass is 327 g/mol. The summed E-state index contributed by atoms with van der Waals surface area (Å²) in [5.41, 5.74) is 8.09. The molecule has 2 rings (SSSR count). The Kier molecular flexibility index (Phi) is 5.91. The van der Waals surface area contributed by atoms with Gasteiger partial charge in [0, 0.05) is 17.8 Å². The number of esters is 2. The molecule has 2 saturated heterocycles. The number of rotatable bonds is 6. The van der Waals surface area contributed by atoms with Crippen LogP contribution >= 0.6 is 0 Å². The molecule has 10 nitrogen and oxygen atoms in total. The molecule has 0 saturated carbocycles. The van der Waals surface area contributed by atoms with Crippen LogP contribution in [0.1, 0.15) is 26.2 Å². The van der Waals surface area contributed by atoms with Crippen molar-refractivity contribution in [3.63, 3.8) is 0 Å². The molecule has 0 radical (unpaired) electrons. The van der Waals surface area contributed by atoms with E-state index in [4.69, 9.17) is 24.5 Å². The van der Waals surface area contributed by atoms with Gasteiger partial charge < -0.3 is 18.9 Å². The molecular weight excluding hydrogens is 310 g/mol. The first kappa shape index (κ1) is 17.2. The Morgan fingerprint density at radius 2 is 1.65 bits per heavy atom. The van der Waals surface area contributed by atoms with Gasteiger partial charge in [-0.1, -0.05) is 6.92 Å². The Hall–Kier alpha value is -2.16. The maximum Gasteiger partial charge on any atom is 0.306 e. The van der Waals surface area contributed by atoms with Crippen LogP contribution in [0.2, 0.25) is 0 Å². The van der Waals surface area contributed by atoms with Crippen molar-refractivity contribution < 1.29 is 33.3 Å². The average molecular weight is 327 g/mol. The van der Waals surface area contributed by atoms with Crippen molar-refractivity contribution in [3.05, 3.63) is 10.4 Å². The zero-order valence-electron chi connectivity index (χ0n) is 12.5. The number of carbonyl (C=O) groups is 3. The zero-order chi connectivity index (χ0) is 16.8. The highest BCUT2D eigenvalue weighted by Gasteiger charge is 2.51. The van der Waals surface area contributed by atoms with E-state index in [1.54, 1.807) is 6.92 Å². The Morgan fingerprint density at radius 1 is 1.09 bits per heavy atom. The standard InChI is InChI=1S/C13H17N3O7/c1-2-10(18)22-7-5-20-13-8(6-21-12(7)13)23-11(19)4-3-9(17)15-16-14/h7-8,12-13H,2-6H2,1H3/t7-,8+,12-,13-/m1/s1. The summed E-state index contributed by atoms with van der Waals surface area (Å²) in [6, 6.07) is 0. The molecule has 2 fully saturated rings. The molecule has 4 atom stereocenters. The highest BCUT2D eigenvalue weighted by atomic mass is 16.7. The lowest BCUT2D eigenvalue weighted by Gasteiger charge is -2.17.